The van der Waals surface area contributed by atoms with Crippen LogP contribution in [0.3, 0.4) is 0 Å². The van der Waals surface area contributed by atoms with E-state index in [0.717, 1.165) is 27.2 Å². The predicted octanol–water partition coefficient (Wildman–Crippen LogP) is 7.84. The molecule has 0 aromatic heterocycles. The van der Waals surface area contributed by atoms with E-state index in [0.29, 0.717) is 27.8 Å². The quantitative estimate of drug-likeness (QED) is 0.181. The van der Waals surface area contributed by atoms with Crippen molar-refractivity contribution in [2.45, 2.75) is 45.3 Å². The number of hydrogen-bond acceptors (Lipinski definition) is 3. The van der Waals surface area contributed by atoms with Crippen molar-refractivity contribution >= 4 is 61.7 Å². The number of hydrogen-bond donors (Lipinski definition) is 1. The van der Waals surface area contributed by atoms with Gasteiger partial charge in [0.05, 0.1) is 4.47 Å². The first-order valence-corrected chi connectivity index (χ1v) is 14.7. The van der Waals surface area contributed by atoms with Crippen molar-refractivity contribution in [1.82, 2.24) is 10.2 Å². The molecule has 4 aromatic rings. The van der Waals surface area contributed by atoms with E-state index in [9.17, 15) is 9.59 Å². The smallest absolute Gasteiger partial charge is 0.261 e. The van der Waals surface area contributed by atoms with E-state index in [1.807, 2.05) is 80.6 Å². The largest absolute Gasteiger partial charge is 0.483 e. The first kappa shape index (κ1) is 29.9. The second-order valence-electron chi connectivity index (χ2n) is 9.63. The van der Waals surface area contributed by atoms with Crippen molar-refractivity contribution in [1.29, 1.82) is 0 Å². The van der Waals surface area contributed by atoms with Crippen molar-refractivity contribution in [3.8, 4) is 5.75 Å². The number of carbonyl (C=O) groups excluding carboxylic acids is 2. The fourth-order valence-electron chi connectivity index (χ4n) is 4.40. The third-order valence-corrected chi connectivity index (χ3v) is 8.37. The number of carbonyl (C=O) groups is 2. The summed E-state index contributed by atoms with van der Waals surface area (Å²) in [5.41, 5.74) is 1.49. The Bertz CT molecular complexity index is 1460. The standard InChI is InChI=1S/C32H31BrCl2N2O3/c1-3-21(2)36-32(39)28(18-22-10-5-4-6-11-22)37(19-25-26(34)14-9-15-27(25)35)30(38)20-40-29-17-16-23-12-7-8-13-24(23)31(29)33/h4-17,21,28H,3,18-20H2,1-2H3,(H,36,39)/t21-,28-/m0/s1. The second-order valence-corrected chi connectivity index (χ2v) is 11.2. The average Bonchev–Trinajstić information content (AvgIpc) is 2.96. The van der Waals surface area contributed by atoms with E-state index in [-0.39, 0.29) is 31.0 Å². The summed E-state index contributed by atoms with van der Waals surface area (Å²) in [6.07, 6.45) is 1.07. The number of benzene rings is 4. The second kappa shape index (κ2) is 14.0. The molecule has 2 atom stereocenters. The molecule has 8 heteroatoms. The van der Waals surface area contributed by atoms with Crippen LogP contribution in [-0.2, 0) is 22.6 Å². The molecule has 1 N–H and O–H groups in total. The van der Waals surface area contributed by atoms with Crippen molar-refractivity contribution in [2.24, 2.45) is 0 Å². The third-order valence-electron chi connectivity index (χ3n) is 6.84. The SMILES string of the molecule is CC[C@H](C)NC(=O)[C@H](Cc1ccccc1)N(Cc1c(Cl)cccc1Cl)C(=O)COc1ccc2ccccc2c1Br. The van der Waals surface area contributed by atoms with Crippen LogP contribution in [0.2, 0.25) is 10.0 Å². The molecule has 4 rings (SSSR count). The monoisotopic (exact) mass is 640 g/mol. The fourth-order valence-corrected chi connectivity index (χ4v) is 5.52. The van der Waals surface area contributed by atoms with Gasteiger partial charge in [0.15, 0.2) is 6.61 Å². The number of nitrogens with one attached hydrogen (secondary N) is 1. The van der Waals surface area contributed by atoms with Gasteiger partial charge in [-0.3, -0.25) is 9.59 Å². The summed E-state index contributed by atoms with van der Waals surface area (Å²) in [5.74, 6) is -0.0793. The number of amides is 2. The van der Waals surface area contributed by atoms with Crippen LogP contribution >= 0.6 is 39.1 Å². The topological polar surface area (TPSA) is 58.6 Å². The van der Waals surface area contributed by atoms with E-state index in [1.165, 1.54) is 4.90 Å². The highest BCUT2D eigenvalue weighted by Crippen LogP contribution is 2.33. The summed E-state index contributed by atoms with van der Waals surface area (Å²) in [5, 5.41) is 5.92. The maximum Gasteiger partial charge on any atom is 0.261 e. The molecular weight excluding hydrogens is 611 g/mol. The molecule has 2 amide bonds. The van der Waals surface area contributed by atoms with E-state index in [2.05, 4.69) is 21.2 Å². The molecular formula is C32H31BrCl2N2O3. The molecule has 0 heterocycles. The Morgan fingerprint density at radius 2 is 1.60 bits per heavy atom. The predicted molar refractivity (Wildman–Crippen MR) is 166 cm³/mol. The van der Waals surface area contributed by atoms with Gasteiger partial charge in [-0.2, -0.15) is 0 Å². The van der Waals surface area contributed by atoms with Crippen molar-refractivity contribution in [3.05, 3.63) is 111 Å². The number of halogens is 3. The molecule has 0 bridgehead atoms. The summed E-state index contributed by atoms with van der Waals surface area (Å²) < 4.78 is 6.79. The minimum Gasteiger partial charge on any atom is -0.483 e. The molecule has 0 saturated carbocycles. The molecule has 5 nitrogen and oxygen atoms in total. The zero-order chi connectivity index (χ0) is 28.6. The molecule has 0 aliphatic rings. The number of ether oxygens (including phenoxy) is 1. The molecule has 0 unspecified atom stereocenters. The van der Waals surface area contributed by atoms with E-state index in [4.69, 9.17) is 27.9 Å². The van der Waals surface area contributed by atoms with Crippen LogP contribution in [0, 0.1) is 0 Å². The van der Waals surface area contributed by atoms with Crippen molar-refractivity contribution in [3.63, 3.8) is 0 Å². The molecule has 4 aromatic carbocycles. The van der Waals surface area contributed by atoms with Crippen LogP contribution in [0.15, 0.2) is 89.4 Å². The van der Waals surface area contributed by atoms with Crippen LogP contribution in [-0.4, -0.2) is 35.4 Å². The fraction of sp³-hybridized carbons (Fsp3) is 0.250. The van der Waals surface area contributed by atoms with Gasteiger partial charge in [-0.15, -0.1) is 0 Å². The van der Waals surface area contributed by atoms with Gasteiger partial charge < -0.3 is 15.0 Å². The molecule has 0 fully saturated rings. The van der Waals surface area contributed by atoms with Gasteiger partial charge in [0.25, 0.3) is 5.91 Å². The highest BCUT2D eigenvalue weighted by atomic mass is 79.9. The van der Waals surface area contributed by atoms with Crippen LogP contribution in [0.25, 0.3) is 10.8 Å². The van der Waals surface area contributed by atoms with E-state index >= 15 is 0 Å². The van der Waals surface area contributed by atoms with Gasteiger partial charge in [-0.1, -0.05) is 96.9 Å². The lowest BCUT2D eigenvalue weighted by atomic mass is 10.0. The minimum atomic E-state index is -0.820. The molecule has 0 saturated heterocycles. The zero-order valence-corrected chi connectivity index (χ0v) is 25.5. The third kappa shape index (κ3) is 7.36. The molecule has 0 spiro atoms. The Morgan fingerprint density at radius 1 is 0.925 bits per heavy atom. The van der Waals surface area contributed by atoms with Gasteiger partial charge in [-0.05, 0) is 63.8 Å². The first-order chi connectivity index (χ1) is 19.3. The zero-order valence-electron chi connectivity index (χ0n) is 22.4. The first-order valence-electron chi connectivity index (χ1n) is 13.1. The maximum absolute atomic E-state index is 13.9. The molecule has 0 aliphatic heterocycles. The molecule has 0 radical (unpaired) electrons. The van der Waals surface area contributed by atoms with Crippen LogP contribution in [0.5, 0.6) is 5.75 Å². The highest BCUT2D eigenvalue weighted by Gasteiger charge is 2.32. The Balaban J connectivity index is 1.68. The lowest BCUT2D eigenvalue weighted by molar-refractivity contribution is -0.143. The molecule has 0 aliphatic carbocycles. The lowest BCUT2D eigenvalue weighted by Crippen LogP contribution is -2.53. The Hall–Kier alpha value is -3.06. The molecule has 208 valence electrons. The summed E-state index contributed by atoms with van der Waals surface area (Å²) in [6, 6.07) is 25.6. The Morgan fingerprint density at radius 3 is 2.30 bits per heavy atom. The lowest BCUT2D eigenvalue weighted by Gasteiger charge is -2.32. The van der Waals surface area contributed by atoms with Gasteiger partial charge in [-0.25, -0.2) is 0 Å². The van der Waals surface area contributed by atoms with E-state index in [1.54, 1.807) is 18.2 Å². The summed E-state index contributed by atoms with van der Waals surface area (Å²) in [4.78, 5) is 29.1. The van der Waals surface area contributed by atoms with E-state index < -0.39 is 6.04 Å². The van der Waals surface area contributed by atoms with Crippen molar-refractivity contribution in [2.75, 3.05) is 6.61 Å². The normalized spacial score (nSPS) is 12.5. The van der Waals surface area contributed by atoms with Gasteiger partial charge in [0, 0.05) is 34.6 Å². The van der Waals surface area contributed by atoms with Crippen LogP contribution < -0.4 is 10.1 Å². The summed E-state index contributed by atoms with van der Waals surface area (Å²) in [7, 11) is 0. The summed E-state index contributed by atoms with van der Waals surface area (Å²) in [6.45, 7) is 3.71. The number of fused-ring (bicyclic) bond motifs is 1. The molecule has 40 heavy (non-hydrogen) atoms. The minimum absolute atomic E-state index is 0.0466. The average molecular weight is 642 g/mol. The van der Waals surface area contributed by atoms with Crippen LogP contribution in [0.1, 0.15) is 31.4 Å². The van der Waals surface area contributed by atoms with Gasteiger partial charge in [0.2, 0.25) is 5.91 Å². The number of nitrogens with zero attached hydrogens (tertiary/aromatic N) is 1. The van der Waals surface area contributed by atoms with Crippen molar-refractivity contribution < 1.29 is 14.3 Å². The Labute approximate surface area is 253 Å². The van der Waals surface area contributed by atoms with Crippen LogP contribution in [0.4, 0.5) is 0 Å². The maximum atomic E-state index is 13.9. The number of rotatable bonds is 11. The highest BCUT2D eigenvalue weighted by molar-refractivity contribution is 9.10. The Kier molecular flexibility index (Phi) is 10.5. The van der Waals surface area contributed by atoms with Gasteiger partial charge in [0.1, 0.15) is 11.8 Å². The summed E-state index contributed by atoms with van der Waals surface area (Å²) >= 11 is 16.7. The van der Waals surface area contributed by atoms with Gasteiger partial charge >= 0.3 is 0 Å².